The quantitative estimate of drug-likeness (QED) is 0.582. The molecule has 1 fully saturated rings. The van der Waals surface area contributed by atoms with Gasteiger partial charge in [-0.3, -0.25) is 4.79 Å². The van der Waals surface area contributed by atoms with Crippen LogP contribution in [0.1, 0.15) is 42.2 Å². The lowest BCUT2D eigenvalue weighted by Crippen LogP contribution is -2.33. The largest absolute Gasteiger partial charge is 0.454 e. The van der Waals surface area contributed by atoms with Gasteiger partial charge in [0.2, 0.25) is 6.79 Å². The van der Waals surface area contributed by atoms with Crippen LogP contribution in [-0.2, 0) is 0 Å². The number of hydrogen-bond acceptors (Lipinski definition) is 6. The van der Waals surface area contributed by atoms with Crippen molar-refractivity contribution in [2.45, 2.75) is 33.1 Å². The highest BCUT2D eigenvalue weighted by Crippen LogP contribution is 2.35. The van der Waals surface area contributed by atoms with Crippen LogP contribution < -0.4 is 9.47 Å². The lowest BCUT2D eigenvalue weighted by Gasteiger charge is -2.21. The van der Waals surface area contributed by atoms with Gasteiger partial charge in [-0.2, -0.15) is 5.10 Å². The minimum absolute atomic E-state index is 0.0319. The monoisotopic (exact) mass is 419 g/mol. The van der Waals surface area contributed by atoms with E-state index in [0.29, 0.717) is 23.2 Å². The number of rotatable bonds is 7. The van der Waals surface area contributed by atoms with E-state index in [4.69, 9.17) is 9.47 Å². The van der Waals surface area contributed by atoms with Crippen LogP contribution in [0.15, 0.2) is 36.7 Å². The molecule has 0 unspecified atom stereocenters. The van der Waals surface area contributed by atoms with Crippen LogP contribution >= 0.6 is 0 Å². The lowest BCUT2D eigenvalue weighted by atomic mass is 10.1. The molecule has 2 aromatic heterocycles. The molecule has 2 aliphatic rings. The second kappa shape index (κ2) is 8.02. The molecule has 1 aliphatic heterocycles. The Morgan fingerprint density at radius 1 is 1.23 bits per heavy atom. The predicted molar refractivity (Wildman–Crippen MR) is 114 cm³/mol. The number of ether oxygens (including phenoxy) is 2. The van der Waals surface area contributed by atoms with Gasteiger partial charge >= 0.3 is 0 Å². The van der Waals surface area contributed by atoms with Crippen LogP contribution in [0.3, 0.4) is 0 Å². The molecule has 0 bridgehead atoms. The number of nitrogens with zero attached hydrogens (tertiary/aromatic N) is 5. The molecular formula is C23H25N5O3. The highest BCUT2D eigenvalue weighted by molar-refractivity contribution is 5.95. The summed E-state index contributed by atoms with van der Waals surface area (Å²) in [6.07, 6.45) is 6.69. The summed E-state index contributed by atoms with van der Waals surface area (Å²) in [5.74, 6) is 2.53. The minimum Gasteiger partial charge on any atom is -0.454 e. The van der Waals surface area contributed by atoms with Crippen molar-refractivity contribution in [3.63, 3.8) is 0 Å². The van der Waals surface area contributed by atoms with E-state index in [1.807, 2.05) is 36.1 Å². The molecule has 8 heteroatoms. The SMILES string of the molecule is CCCN(CC1CC1)C(=O)c1cnn(-c2nccc(-c3ccc4c(c3)OCO4)n2)c1C. The van der Waals surface area contributed by atoms with E-state index in [2.05, 4.69) is 22.0 Å². The van der Waals surface area contributed by atoms with Crippen LogP contribution in [0, 0.1) is 12.8 Å². The molecule has 3 aromatic rings. The summed E-state index contributed by atoms with van der Waals surface area (Å²) in [6.45, 7) is 5.80. The third-order valence-electron chi connectivity index (χ3n) is 5.70. The first-order valence-corrected chi connectivity index (χ1v) is 10.7. The van der Waals surface area contributed by atoms with Crippen LogP contribution in [-0.4, -0.2) is 50.4 Å². The molecule has 5 rings (SSSR count). The molecule has 0 radical (unpaired) electrons. The summed E-state index contributed by atoms with van der Waals surface area (Å²) in [5, 5.41) is 4.44. The molecule has 160 valence electrons. The molecule has 3 heterocycles. The standard InChI is InChI=1S/C23H25N5O3/c1-3-10-27(13-16-4-5-16)22(29)18-12-25-28(15(18)2)23-24-9-8-19(26-23)17-6-7-20-21(11-17)31-14-30-20/h6-9,11-12,16H,3-5,10,13-14H2,1-2H3. The molecular weight excluding hydrogens is 394 g/mol. The van der Waals surface area contributed by atoms with E-state index < -0.39 is 0 Å². The Kier molecular flexibility index (Phi) is 5.05. The number of amides is 1. The molecule has 1 aromatic carbocycles. The number of carbonyl (C=O) groups excluding carboxylic acids is 1. The normalized spacial score (nSPS) is 14.6. The fourth-order valence-corrected chi connectivity index (χ4v) is 3.82. The summed E-state index contributed by atoms with van der Waals surface area (Å²) in [4.78, 5) is 24.2. The number of benzene rings is 1. The molecule has 0 spiro atoms. The molecule has 0 saturated heterocycles. The van der Waals surface area contributed by atoms with Crippen molar-refractivity contribution in [3.8, 4) is 28.7 Å². The second-order valence-electron chi connectivity index (χ2n) is 8.06. The molecule has 8 nitrogen and oxygen atoms in total. The average molecular weight is 419 g/mol. The van der Waals surface area contributed by atoms with Gasteiger partial charge < -0.3 is 14.4 Å². The van der Waals surface area contributed by atoms with Crippen LogP contribution in [0.2, 0.25) is 0 Å². The topological polar surface area (TPSA) is 82.4 Å². The summed E-state index contributed by atoms with van der Waals surface area (Å²) in [5.41, 5.74) is 2.98. The highest BCUT2D eigenvalue weighted by atomic mass is 16.7. The molecule has 31 heavy (non-hydrogen) atoms. The van der Waals surface area contributed by atoms with Gasteiger partial charge in [0.25, 0.3) is 11.9 Å². The highest BCUT2D eigenvalue weighted by Gasteiger charge is 2.28. The average Bonchev–Trinajstić information content (AvgIpc) is 3.34. The van der Waals surface area contributed by atoms with E-state index in [1.54, 1.807) is 17.1 Å². The Labute approximate surface area is 180 Å². The number of hydrogen-bond donors (Lipinski definition) is 0. The van der Waals surface area contributed by atoms with Gasteiger partial charge in [-0.15, -0.1) is 0 Å². The Bertz CT molecular complexity index is 1120. The predicted octanol–water partition coefficient (Wildman–Crippen LogP) is 3.63. The van der Waals surface area contributed by atoms with Gasteiger partial charge in [0, 0.05) is 24.8 Å². The van der Waals surface area contributed by atoms with E-state index in [0.717, 1.165) is 42.2 Å². The number of fused-ring (bicyclic) bond motifs is 1. The van der Waals surface area contributed by atoms with E-state index in [1.165, 1.54) is 12.8 Å². The zero-order valence-electron chi connectivity index (χ0n) is 17.7. The van der Waals surface area contributed by atoms with Gasteiger partial charge in [0.05, 0.1) is 23.1 Å². The van der Waals surface area contributed by atoms with Gasteiger partial charge in [0.1, 0.15) is 0 Å². The maximum absolute atomic E-state index is 13.2. The van der Waals surface area contributed by atoms with Gasteiger partial charge in [-0.05, 0) is 56.4 Å². The molecule has 1 aliphatic carbocycles. The summed E-state index contributed by atoms with van der Waals surface area (Å²) < 4.78 is 12.5. The third kappa shape index (κ3) is 3.85. The van der Waals surface area contributed by atoms with Gasteiger partial charge in [-0.1, -0.05) is 6.92 Å². The number of aromatic nitrogens is 4. The van der Waals surface area contributed by atoms with Crippen LogP contribution in [0.4, 0.5) is 0 Å². The Morgan fingerprint density at radius 2 is 2.06 bits per heavy atom. The summed E-state index contributed by atoms with van der Waals surface area (Å²) >= 11 is 0. The summed E-state index contributed by atoms with van der Waals surface area (Å²) in [6, 6.07) is 7.55. The van der Waals surface area contributed by atoms with Crippen molar-refractivity contribution in [2.24, 2.45) is 5.92 Å². The van der Waals surface area contributed by atoms with Crippen molar-refractivity contribution in [1.29, 1.82) is 0 Å². The van der Waals surface area contributed by atoms with Crippen molar-refractivity contribution < 1.29 is 14.3 Å². The van der Waals surface area contributed by atoms with E-state index >= 15 is 0 Å². The fourth-order valence-electron chi connectivity index (χ4n) is 3.82. The van der Waals surface area contributed by atoms with E-state index in [-0.39, 0.29) is 12.7 Å². The minimum atomic E-state index is 0.0319. The second-order valence-corrected chi connectivity index (χ2v) is 8.06. The first-order valence-electron chi connectivity index (χ1n) is 10.7. The van der Waals surface area contributed by atoms with Crippen LogP contribution in [0.25, 0.3) is 17.2 Å². The molecule has 1 saturated carbocycles. The maximum atomic E-state index is 13.2. The Morgan fingerprint density at radius 3 is 2.87 bits per heavy atom. The zero-order valence-corrected chi connectivity index (χ0v) is 17.7. The number of carbonyl (C=O) groups is 1. The maximum Gasteiger partial charge on any atom is 0.257 e. The van der Waals surface area contributed by atoms with Crippen molar-refractivity contribution in [2.75, 3.05) is 19.9 Å². The zero-order chi connectivity index (χ0) is 21.4. The molecule has 0 atom stereocenters. The fraction of sp³-hybridized carbons (Fsp3) is 0.391. The molecule has 1 amide bonds. The Balaban J connectivity index is 1.43. The molecule has 0 N–H and O–H groups in total. The van der Waals surface area contributed by atoms with E-state index in [9.17, 15) is 4.79 Å². The van der Waals surface area contributed by atoms with Crippen molar-refractivity contribution in [3.05, 3.63) is 47.9 Å². The third-order valence-corrected chi connectivity index (χ3v) is 5.70. The van der Waals surface area contributed by atoms with Gasteiger partial charge in [0.15, 0.2) is 11.5 Å². The summed E-state index contributed by atoms with van der Waals surface area (Å²) in [7, 11) is 0. The smallest absolute Gasteiger partial charge is 0.257 e. The van der Waals surface area contributed by atoms with Crippen molar-refractivity contribution >= 4 is 5.91 Å². The van der Waals surface area contributed by atoms with Crippen molar-refractivity contribution in [1.82, 2.24) is 24.6 Å². The first-order chi connectivity index (χ1) is 15.1. The van der Waals surface area contributed by atoms with Crippen LogP contribution in [0.5, 0.6) is 11.5 Å². The Hall–Kier alpha value is -3.42. The van der Waals surface area contributed by atoms with Gasteiger partial charge in [-0.25, -0.2) is 14.6 Å². The lowest BCUT2D eigenvalue weighted by molar-refractivity contribution is 0.0747. The first kappa shape index (κ1) is 19.5.